The van der Waals surface area contributed by atoms with Crippen LogP contribution in [0.3, 0.4) is 0 Å². The largest absolute Gasteiger partial charge is 0.598 e. The number of nitrogens with two attached hydrogens (primary N) is 1. The van der Waals surface area contributed by atoms with Crippen LogP contribution in [0.1, 0.15) is 48.7 Å². The summed E-state index contributed by atoms with van der Waals surface area (Å²) in [5, 5.41) is 3.39. The molecule has 2 aliphatic rings. The molecule has 2 fully saturated rings. The molecule has 1 aliphatic carbocycles. The van der Waals surface area contributed by atoms with Gasteiger partial charge in [0.25, 0.3) is 5.91 Å². The second-order valence-electron chi connectivity index (χ2n) is 7.46. The number of ether oxygens (including phenoxy) is 1. The van der Waals surface area contributed by atoms with Crippen LogP contribution in [0.5, 0.6) is 0 Å². The first-order valence-electron chi connectivity index (χ1n) is 9.87. The van der Waals surface area contributed by atoms with Crippen molar-refractivity contribution in [3.8, 4) is 0 Å². The topological polar surface area (TPSA) is 104 Å². The zero-order valence-corrected chi connectivity index (χ0v) is 17.5. The maximum atomic E-state index is 11.9. The van der Waals surface area contributed by atoms with Gasteiger partial charge in [0.05, 0.1) is 6.54 Å². The Bertz CT molecular complexity index is 729. The molecule has 1 aliphatic heterocycles. The van der Waals surface area contributed by atoms with Crippen LogP contribution < -0.4 is 11.1 Å². The summed E-state index contributed by atoms with van der Waals surface area (Å²) in [4.78, 5) is 15.7. The monoisotopic (exact) mass is 406 g/mol. The lowest BCUT2D eigenvalue weighted by Crippen LogP contribution is -2.42. The van der Waals surface area contributed by atoms with E-state index in [4.69, 9.17) is 10.5 Å². The molecule has 3 atom stereocenters. The fourth-order valence-electron chi connectivity index (χ4n) is 4.39. The fraction of sp³-hybridized carbons (Fsp3) is 0.600. The maximum Gasteiger partial charge on any atom is 0.267 e. The molecule has 154 valence electrons. The summed E-state index contributed by atoms with van der Waals surface area (Å²) in [6.07, 6.45) is 7.70. The van der Waals surface area contributed by atoms with Gasteiger partial charge in [0.1, 0.15) is 17.0 Å². The van der Waals surface area contributed by atoms with E-state index in [1.165, 1.54) is 0 Å². The number of carbonyl (C=O) groups is 1. The highest BCUT2D eigenvalue weighted by Gasteiger charge is 2.44. The Hall–Kier alpha value is -1.61. The molecule has 3 unspecified atom stereocenters. The number of aromatic nitrogens is 1. The Balaban J connectivity index is 1.81. The molecule has 3 N–H and O–H groups in total. The number of nitrogens with one attached hydrogen (secondary N) is 1. The van der Waals surface area contributed by atoms with Gasteiger partial charge in [0.2, 0.25) is 0 Å². The van der Waals surface area contributed by atoms with E-state index in [-0.39, 0.29) is 11.6 Å². The predicted octanol–water partition coefficient (Wildman–Crippen LogP) is 1.69. The molecular weight excluding hydrogens is 376 g/mol. The van der Waals surface area contributed by atoms with Crippen LogP contribution in [-0.4, -0.2) is 52.2 Å². The van der Waals surface area contributed by atoms with Crippen molar-refractivity contribution in [3.05, 3.63) is 41.4 Å². The van der Waals surface area contributed by atoms with E-state index >= 15 is 0 Å². The summed E-state index contributed by atoms with van der Waals surface area (Å²) in [5.41, 5.74) is 7.12. The van der Waals surface area contributed by atoms with Crippen LogP contribution >= 0.6 is 0 Å². The molecule has 0 spiro atoms. The van der Waals surface area contributed by atoms with Crippen LogP contribution in [-0.2, 0) is 21.7 Å². The molecule has 0 radical (unpaired) electrons. The standard InChI is InChI=1S/C20H30N4O3S/c1-15-5-3-6-17(14-22-9-11-24-10-4-12-28(24)26)20(15,27-2)16-7-8-23-18(13-16)19(21)25/h7-8,13-15,22H,3-6,9-12H2,1-2H3,(H2,21,25)/b17-14+. The highest BCUT2D eigenvalue weighted by molar-refractivity contribution is 7.89. The number of amides is 1. The van der Waals surface area contributed by atoms with Crippen LogP contribution in [0.15, 0.2) is 30.1 Å². The number of hydrogen-bond acceptors (Lipinski definition) is 6. The van der Waals surface area contributed by atoms with Gasteiger partial charge in [0.15, 0.2) is 0 Å². The van der Waals surface area contributed by atoms with Gasteiger partial charge in [-0.15, -0.1) is 4.31 Å². The van der Waals surface area contributed by atoms with E-state index in [2.05, 4.69) is 17.2 Å². The molecule has 3 rings (SSSR count). The summed E-state index contributed by atoms with van der Waals surface area (Å²) in [5.74, 6) is 0.475. The van der Waals surface area contributed by atoms with Gasteiger partial charge in [0, 0.05) is 44.2 Å². The third-order valence-corrected chi connectivity index (χ3v) is 7.39. The number of methoxy groups -OCH3 is 1. The third kappa shape index (κ3) is 4.20. The number of rotatable bonds is 7. The molecule has 1 saturated heterocycles. The van der Waals surface area contributed by atoms with Crippen molar-refractivity contribution < 1.29 is 14.1 Å². The SMILES string of the molecule is COC1(c2ccnc(C(N)=O)c2)/C(=C/NCCN2CCC[S+]2[O-])CCCC1C. The summed E-state index contributed by atoms with van der Waals surface area (Å²) in [6.45, 7) is 4.56. The van der Waals surface area contributed by atoms with Gasteiger partial charge in [-0.3, -0.25) is 9.78 Å². The highest BCUT2D eigenvalue weighted by atomic mass is 32.2. The van der Waals surface area contributed by atoms with Crippen LogP contribution in [0.2, 0.25) is 0 Å². The molecule has 1 aromatic rings. The van der Waals surface area contributed by atoms with Crippen molar-refractivity contribution in [1.29, 1.82) is 0 Å². The fourth-order valence-corrected chi connectivity index (χ4v) is 5.66. The van der Waals surface area contributed by atoms with Crippen molar-refractivity contribution in [3.63, 3.8) is 0 Å². The van der Waals surface area contributed by atoms with Gasteiger partial charge in [-0.05, 0) is 54.6 Å². The Labute approximate surface area is 170 Å². The van der Waals surface area contributed by atoms with Gasteiger partial charge in [-0.1, -0.05) is 6.92 Å². The normalized spacial score (nSPS) is 29.9. The first-order chi connectivity index (χ1) is 13.5. The molecular formula is C20H30N4O3S. The van der Waals surface area contributed by atoms with Gasteiger partial charge in [-0.2, -0.15) is 0 Å². The molecule has 0 aromatic carbocycles. The quantitative estimate of drug-likeness (QED) is 0.527. The molecule has 7 nitrogen and oxygen atoms in total. The Morgan fingerprint density at radius 3 is 3.07 bits per heavy atom. The number of nitrogens with zero attached hydrogens (tertiary/aromatic N) is 2. The lowest BCUT2D eigenvalue weighted by atomic mass is 9.69. The molecule has 2 heterocycles. The molecule has 1 saturated carbocycles. The number of pyridine rings is 1. The summed E-state index contributed by atoms with van der Waals surface area (Å²) in [6, 6.07) is 3.65. The van der Waals surface area contributed by atoms with Gasteiger partial charge >= 0.3 is 0 Å². The molecule has 0 bridgehead atoms. The van der Waals surface area contributed by atoms with Crippen LogP contribution in [0.25, 0.3) is 0 Å². The van der Waals surface area contributed by atoms with Crippen molar-refractivity contribution in [1.82, 2.24) is 14.6 Å². The number of hydrogen-bond donors (Lipinski definition) is 2. The molecule has 1 amide bonds. The smallest absolute Gasteiger partial charge is 0.267 e. The van der Waals surface area contributed by atoms with Crippen LogP contribution in [0.4, 0.5) is 0 Å². The minimum atomic E-state index is -0.831. The average Bonchev–Trinajstić information content (AvgIpc) is 3.10. The van der Waals surface area contributed by atoms with E-state index in [0.717, 1.165) is 62.2 Å². The summed E-state index contributed by atoms with van der Waals surface area (Å²) >= 11 is -0.831. The van der Waals surface area contributed by atoms with E-state index in [1.54, 1.807) is 19.4 Å². The second-order valence-corrected chi connectivity index (χ2v) is 9.03. The van der Waals surface area contributed by atoms with E-state index < -0.39 is 22.9 Å². The average molecular weight is 407 g/mol. The van der Waals surface area contributed by atoms with Gasteiger partial charge in [-0.25, -0.2) is 0 Å². The zero-order valence-electron chi connectivity index (χ0n) is 16.6. The van der Waals surface area contributed by atoms with E-state index in [9.17, 15) is 9.35 Å². The zero-order chi connectivity index (χ0) is 20.1. The second kappa shape index (κ2) is 9.26. The Kier molecular flexibility index (Phi) is 6.98. The van der Waals surface area contributed by atoms with Crippen molar-refractivity contribution in [2.75, 3.05) is 32.5 Å². The van der Waals surface area contributed by atoms with E-state index in [0.29, 0.717) is 0 Å². The number of carbonyl (C=O) groups excluding carboxylic acids is 1. The minimum Gasteiger partial charge on any atom is -0.598 e. The Morgan fingerprint density at radius 2 is 2.39 bits per heavy atom. The summed E-state index contributed by atoms with van der Waals surface area (Å²) < 4.78 is 20.0. The highest BCUT2D eigenvalue weighted by Crippen LogP contribution is 2.47. The van der Waals surface area contributed by atoms with Crippen LogP contribution in [0, 0.1) is 5.92 Å². The summed E-state index contributed by atoms with van der Waals surface area (Å²) in [7, 11) is 1.72. The lowest BCUT2D eigenvalue weighted by Gasteiger charge is -2.44. The van der Waals surface area contributed by atoms with Crippen molar-refractivity contribution in [2.45, 2.75) is 38.2 Å². The Morgan fingerprint density at radius 1 is 1.57 bits per heavy atom. The van der Waals surface area contributed by atoms with Crippen molar-refractivity contribution >= 4 is 17.3 Å². The van der Waals surface area contributed by atoms with E-state index in [1.807, 2.05) is 16.6 Å². The van der Waals surface area contributed by atoms with Gasteiger partial charge < -0.3 is 20.3 Å². The predicted molar refractivity (Wildman–Crippen MR) is 110 cm³/mol. The minimum absolute atomic E-state index is 0.244. The maximum absolute atomic E-state index is 11.9. The lowest BCUT2D eigenvalue weighted by molar-refractivity contribution is -0.0434. The molecule has 1 aromatic heterocycles. The third-order valence-electron chi connectivity index (χ3n) is 5.81. The molecule has 8 heteroatoms. The first kappa shape index (κ1) is 21.1. The molecule has 28 heavy (non-hydrogen) atoms. The van der Waals surface area contributed by atoms with Crippen molar-refractivity contribution in [2.24, 2.45) is 11.7 Å². The number of primary amides is 1. The first-order valence-corrected chi connectivity index (χ1v) is 11.1.